The maximum Gasteiger partial charge on any atom is 3.00 e. The second kappa shape index (κ2) is 33.9. The van der Waals surface area contributed by atoms with Crippen molar-refractivity contribution in [3.8, 4) is 0 Å². The molecule has 22 valence electrons. The van der Waals surface area contributed by atoms with Crippen molar-refractivity contribution in [1.29, 1.82) is 0 Å². The van der Waals surface area contributed by atoms with Crippen molar-refractivity contribution in [2.45, 2.75) is 0 Å². The van der Waals surface area contributed by atoms with Crippen LogP contribution < -0.4 is 0 Å². The minimum absolute atomic E-state index is 0. The molecule has 0 aromatic heterocycles. The molecule has 0 saturated carbocycles. The smallest absolute Gasteiger partial charge is 3.00 e. The molecule has 0 aliphatic rings. The molecule has 0 radical (unpaired) electrons. The molecule has 0 atom stereocenters. The second-order valence-electron chi connectivity index (χ2n) is 0. The summed E-state index contributed by atoms with van der Waals surface area (Å²) in [6, 6.07) is 0. The minimum atomic E-state index is 0. The molecule has 0 aromatic carbocycles. The molecule has 0 heterocycles. The summed E-state index contributed by atoms with van der Waals surface area (Å²) in [6.07, 6.45) is 0. The molecule has 0 nitrogen and oxygen atoms in total. The van der Waals surface area contributed by atoms with Crippen LogP contribution in [0.25, 0.3) is 0 Å². The molecule has 6 heteroatoms. The Morgan fingerprint density at radius 3 is 0.500 bits per heavy atom. The Labute approximate surface area is 125 Å². The van der Waals surface area contributed by atoms with E-state index in [1.54, 1.807) is 0 Å². The molecule has 0 bridgehead atoms. The third-order valence-electron chi connectivity index (χ3n) is 0. The van der Waals surface area contributed by atoms with Crippen molar-refractivity contribution in [3.63, 3.8) is 0 Å². The Balaban J connectivity index is 0. The molecule has 0 amide bonds. The van der Waals surface area contributed by atoms with Gasteiger partial charge in [-0.15, -0.1) is 0 Å². The van der Waals surface area contributed by atoms with Gasteiger partial charge in [-0.1, -0.05) is 0 Å². The van der Waals surface area contributed by atoms with E-state index in [4.69, 9.17) is 0 Å². The summed E-state index contributed by atoms with van der Waals surface area (Å²) >= 11 is 0. The Morgan fingerprint density at radius 1 is 0.500 bits per heavy atom. The van der Waals surface area contributed by atoms with E-state index >= 15 is 0 Å². The second-order valence-corrected chi connectivity index (χ2v) is 0. The maximum absolute atomic E-state index is 0. The monoisotopic (exact) mass is 792 g/mol. The fourth-order valence-corrected chi connectivity index (χ4v) is 0. The van der Waals surface area contributed by atoms with E-state index in [2.05, 4.69) is 0 Å². The molecular formula is InP2Tl3. The molecule has 0 spiro atoms. The van der Waals surface area contributed by atoms with Crippen LogP contribution in [0.2, 0.25) is 0 Å². The van der Waals surface area contributed by atoms with Gasteiger partial charge in [-0.3, -0.25) is 0 Å². The fraction of sp³-hybridized carbons (Fsp3) is 0. The van der Waals surface area contributed by atoms with Gasteiger partial charge in [-0.2, -0.15) is 0 Å². The topological polar surface area (TPSA) is 0 Å². The SMILES string of the molecule is [In+3].[P-3].[P-3].[Tl+].[Tl+].[Tl+]. The fourth-order valence-electron chi connectivity index (χ4n) is 0. The average molecular weight is 790 g/mol. The van der Waals surface area contributed by atoms with Gasteiger partial charge in [0.2, 0.25) is 0 Å². The molecule has 0 aliphatic carbocycles. The normalized spacial score (nSPS) is 0. The first-order valence-electron chi connectivity index (χ1n) is 0. The molecule has 0 unspecified atom stereocenters. The van der Waals surface area contributed by atoms with Gasteiger partial charge < -0.3 is 19.8 Å². The maximum atomic E-state index is 0. The molecule has 0 aromatic rings. The van der Waals surface area contributed by atoms with Crippen LogP contribution in [0.1, 0.15) is 0 Å². The number of hydrogen-bond donors (Lipinski definition) is 0. The summed E-state index contributed by atoms with van der Waals surface area (Å²) < 4.78 is 0. The van der Waals surface area contributed by atoms with Gasteiger partial charge in [0.1, 0.15) is 0 Å². The summed E-state index contributed by atoms with van der Waals surface area (Å²) in [5.41, 5.74) is 0. The molecule has 0 N–H and O–H groups in total. The molecule has 0 aliphatic heterocycles. The van der Waals surface area contributed by atoms with Crippen LogP contribution in [0.3, 0.4) is 0 Å². The van der Waals surface area contributed by atoms with E-state index in [1.165, 1.54) is 0 Å². The number of hydrogen-bond acceptors (Lipinski definition) is 0. The third-order valence-corrected chi connectivity index (χ3v) is 0. The van der Waals surface area contributed by atoms with Crippen molar-refractivity contribution in [3.05, 3.63) is 0 Å². The van der Waals surface area contributed by atoms with Crippen LogP contribution in [0, 0.1) is 0 Å². The predicted octanol–water partition coefficient (Wildman–Crippen LogP) is 0.199. The van der Waals surface area contributed by atoms with Crippen LogP contribution in [-0.4, -0.2) is 108 Å². The first-order valence-corrected chi connectivity index (χ1v) is 0. The van der Waals surface area contributed by atoms with Crippen LogP contribution in [0.4, 0.5) is 0 Å². The van der Waals surface area contributed by atoms with Gasteiger partial charge >= 0.3 is 108 Å². The molecular weight excluding hydrogens is 790 g/mol. The van der Waals surface area contributed by atoms with E-state index < -0.39 is 0 Å². The van der Waals surface area contributed by atoms with Gasteiger partial charge in [0.15, 0.2) is 0 Å². The minimum Gasteiger partial charge on any atom is -3.00 e. The van der Waals surface area contributed by atoms with Crippen LogP contribution in [-0.2, 0) is 0 Å². The van der Waals surface area contributed by atoms with E-state index in [-0.39, 0.29) is 128 Å². The van der Waals surface area contributed by atoms with Gasteiger partial charge in [0.25, 0.3) is 0 Å². The van der Waals surface area contributed by atoms with E-state index in [0.29, 0.717) is 0 Å². The van der Waals surface area contributed by atoms with Gasteiger partial charge in [0.05, 0.1) is 0 Å². The summed E-state index contributed by atoms with van der Waals surface area (Å²) in [4.78, 5) is 0. The number of rotatable bonds is 0. The predicted molar refractivity (Wildman–Crippen MR) is 36.9 cm³/mol. The van der Waals surface area contributed by atoms with Gasteiger partial charge in [-0.25, -0.2) is 0 Å². The summed E-state index contributed by atoms with van der Waals surface area (Å²) in [5, 5.41) is 0. The zero-order chi connectivity index (χ0) is 0. The zero-order valence-corrected chi connectivity index (χ0v) is 21.8. The summed E-state index contributed by atoms with van der Waals surface area (Å²) in [6.45, 7) is 0. The Morgan fingerprint density at radius 2 is 0.500 bits per heavy atom. The van der Waals surface area contributed by atoms with Gasteiger partial charge in [0, 0.05) is 0 Å². The van der Waals surface area contributed by atoms with Crippen LogP contribution >= 0.6 is 19.8 Å². The first-order chi connectivity index (χ1) is 0. The quantitative estimate of drug-likeness (QED) is 0.244. The first kappa shape index (κ1) is 46.8. The van der Waals surface area contributed by atoms with Crippen LogP contribution in [0.5, 0.6) is 0 Å². The van der Waals surface area contributed by atoms with Crippen molar-refractivity contribution in [1.82, 2.24) is 0 Å². The van der Waals surface area contributed by atoms with Crippen molar-refractivity contribution in [2.75, 3.05) is 0 Å². The Hall–Kier alpha value is 4.50. The van der Waals surface area contributed by atoms with Crippen molar-refractivity contribution >= 4 is 128 Å². The molecule has 0 saturated heterocycles. The van der Waals surface area contributed by atoms with Crippen LogP contribution in [0.15, 0.2) is 0 Å². The van der Waals surface area contributed by atoms with E-state index in [1.807, 2.05) is 0 Å². The molecule has 0 fully saturated rings. The molecule has 6 heavy (non-hydrogen) atoms. The molecule has 0 rings (SSSR count). The van der Waals surface area contributed by atoms with Crippen molar-refractivity contribution < 1.29 is 0 Å². The van der Waals surface area contributed by atoms with Gasteiger partial charge in [-0.05, 0) is 0 Å². The van der Waals surface area contributed by atoms with E-state index in [0.717, 1.165) is 0 Å². The van der Waals surface area contributed by atoms with Crippen molar-refractivity contribution in [2.24, 2.45) is 0 Å². The Kier molecular flexibility index (Phi) is 265. The average Bonchev–Trinajstić information content (AvgIpc) is 0. The Bertz CT molecular complexity index is 8.75. The van der Waals surface area contributed by atoms with E-state index in [9.17, 15) is 0 Å². The summed E-state index contributed by atoms with van der Waals surface area (Å²) in [5.74, 6) is 0. The third kappa shape index (κ3) is 23.6. The standard InChI is InChI=1S/In.2P.3Tl/q+3;2*-3;3*+1. The largest absolute Gasteiger partial charge is 3.00 e. The zero-order valence-electron chi connectivity index (χ0n) is 3.20. The summed E-state index contributed by atoms with van der Waals surface area (Å²) in [7, 11) is 0.